The van der Waals surface area contributed by atoms with Gasteiger partial charge in [0.25, 0.3) is 0 Å². The number of aromatic nitrogens is 1. The van der Waals surface area contributed by atoms with E-state index in [1.54, 1.807) is 24.4 Å². The molecule has 0 atom stereocenters. The monoisotopic (exact) mass is 376 g/mol. The normalized spacial score (nSPS) is 11.5. The minimum absolute atomic E-state index is 0.131. The third-order valence-corrected chi connectivity index (χ3v) is 4.57. The van der Waals surface area contributed by atoms with Gasteiger partial charge in [0.05, 0.1) is 5.69 Å². The number of nitrogens with zero attached hydrogens (tertiary/aromatic N) is 2. The van der Waals surface area contributed by atoms with Crippen molar-refractivity contribution in [1.29, 1.82) is 0 Å². The Morgan fingerprint density at radius 2 is 1.89 bits per heavy atom. The average Bonchev–Trinajstić information content (AvgIpc) is 3.06. The number of aryl methyl sites for hydroxylation is 2. The van der Waals surface area contributed by atoms with Crippen molar-refractivity contribution in [2.75, 3.05) is 0 Å². The second-order valence-electron chi connectivity index (χ2n) is 6.45. The minimum atomic E-state index is 0.131. The van der Waals surface area contributed by atoms with E-state index in [2.05, 4.69) is 9.98 Å². The maximum Gasteiger partial charge on any atom is 0.227 e. The molecule has 0 saturated heterocycles. The first-order chi connectivity index (χ1) is 13.0. The molecule has 4 aromatic rings. The Morgan fingerprint density at radius 1 is 1.04 bits per heavy atom. The van der Waals surface area contributed by atoms with Gasteiger partial charge in [-0.2, -0.15) is 0 Å². The summed E-state index contributed by atoms with van der Waals surface area (Å²) in [5.74, 6) is 0.684. The molecule has 0 radical (unpaired) electrons. The molecule has 0 spiro atoms. The van der Waals surface area contributed by atoms with Crippen LogP contribution >= 0.6 is 11.6 Å². The highest BCUT2D eigenvalue weighted by Gasteiger charge is 2.10. The highest BCUT2D eigenvalue weighted by molar-refractivity contribution is 6.30. The summed E-state index contributed by atoms with van der Waals surface area (Å²) in [5, 5.41) is 10.5. The third kappa shape index (κ3) is 3.57. The Morgan fingerprint density at radius 3 is 2.74 bits per heavy atom. The molecular formula is C22H17ClN2O2. The molecule has 1 N–H and O–H groups in total. The lowest BCUT2D eigenvalue weighted by atomic mass is 10.1. The summed E-state index contributed by atoms with van der Waals surface area (Å²) in [6.07, 6.45) is 1.60. The lowest BCUT2D eigenvalue weighted by Crippen LogP contribution is -1.84. The number of halogens is 1. The van der Waals surface area contributed by atoms with E-state index in [9.17, 15) is 5.11 Å². The van der Waals surface area contributed by atoms with Crippen molar-refractivity contribution in [2.45, 2.75) is 13.8 Å². The molecule has 0 bridgehead atoms. The highest BCUT2D eigenvalue weighted by atomic mass is 35.5. The molecule has 0 amide bonds. The SMILES string of the molecule is Cc1ccc2oc(-c3ccc(C)c(N=Cc4cc(Cl)ccc4O)c3)nc2c1. The van der Waals surface area contributed by atoms with E-state index in [4.69, 9.17) is 16.0 Å². The fraction of sp³-hybridized carbons (Fsp3) is 0.0909. The van der Waals surface area contributed by atoms with Crippen LogP contribution in [0.15, 0.2) is 64.0 Å². The van der Waals surface area contributed by atoms with Crippen molar-refractivity contribution in [1.82, 2.24) is 4.98 Å². The summed E-state index contributed by atoms with van der Waals surface area (Å²) in [6, 6.07) is 16.6. The van der Waals surface area contributed by atoms with Gasteiger partial charge in [0, 0.05) is 22.4 Å². The van der Waals surface area contributed by atoms with Crippen molar-refractivity contribution in [3.8, 4) is 17.2 Å². The summed E-state index contributed by atoms with van der Waals surface area (Å²) in [7, 11) is 0. The number of hydrogen-bond donors (Lipinski definition) is 1. The Hall–Kier alpha value is -3.11. The summed E-state index contributed by atoms with van der Waals surface area (Å²) < 4.78 is 5.88. The average molecular weight is 377 g/mol. The molecule has 1 heterocycles. The van der Waals surface area contributed by atoms with Crippen LogP contribution in [0.1, 0.15) is 16.7 Å². The number of phenols is 1. The van der Waals surface area contributed by atoms with Gasteiger partial charge < -0.3 is 9.52 Å². The van der Waals surface area contributed by atoms with Crippen molar-refractivity contribution < 1.29 is 9.52 Å². The molecule has 5 heteroatoms. The number of rotatable bonds is 3. The minimum Gasteiger partial charge on any atom is -0.507 e. The van der Waals surface area contributed by atoms with Gasteiger partial charge in [0.2, 0.25) is 5.89 Å². The molecule has 0 unspecified atom stereocenters. The van der Waals surface area contributed by atoms with Gasteiger partial charge in [-0.15, -0.1) is 0 Å². The van der Waals surface area contributed by atoms with Crippen LogP contribution in [-0.2, 0) is 0 Å². The van der Waals surface area contributed by atoms with Crippen molar-refractivity contribution >= 4 is 34.6 Å². The van der Waals surface area contributed by atoms with E-state index in [0.29, 0.717) is 16.5 Å². The zero-order valence-electron chi connectivity index (χ0n) is 14.9. The molecule has 3 aromatic carbocycles. The second-order valence-corrected chi connectivity index (χ2v) is 6.89. The number of aliphatic imine (C=N–C) groups is 1. The van der Waals surface area contributed by atoms with Gasteiger partial charge in [-0.25, -0.2) is 4.98 Å². The summed E-state index contributed by atoms with van der Waals surface area (Å²) >= 11 is 5.99. The Balaban J connectivity index is 1.72. The van der Waals surface area contributed by atoms with E-state index in [1.165, 1.54) is 0 Å². The van der Waals surface area contributed by atoms with E-state index in [-0.39, 0.29) is 5.75 Å². The van der Waals surface area contributed by atoms with Gasteiger partial charge in [-0.05, 0) is 67.4 Å². The number of aromatic hydroxyl groups is 1. The predicted octanol–water partition coefficient (Wildman–Crippen LogP) is 6.22. The summed E-state index contributed by atoms with van der Waals surface area (Å²) in [6.45, 7) is 4.00. The smallest absolute Gasteiger partial charge is 0.227 e. The summed E-state index contributed by atoms with van der Waals surface area (Å²) in [4.78, 5) is 9.10. The first kappa shape index (κ1) is 17.3. The molecule has 27 heavy (non-hydrogen) atoms. The second kappa shape index (κ2) is 6.89. The van der Waals surface area contributed by atoms with E-state index >= 15 is 0 Å². The molecule has 4 nitrogen and oxygen atoms in total. The van der Waals surface area contributed by atoms with Crippen LogP contribution < -0.4 is 0 Å². The molecule has 1 aromatic heterocycles. The van der Waals surface area contributed by atoms with Gasteiger partial charge in [-0.1, -0.05) is 23.7 Å². The van der Waals surface area contributed by atoms with Crippen molar-refractivity contribution in [3.05, 3.63) is 76.3 Å². The predicted molar refractivity (Wildman–Crippen MR) is 109 cm³/mol. The standard InChI is InChI=1S/C22H17ClN2O2/c1-13-3-8-21-19(9-13)25-22(27-21)15-5-4-14(2)18(11-15)24-12-16-10-17(23)6-7-20(16)26/h3-12,26H,1-2H3. The number of fused-ring (bicyclic) bond motifs is 1. The van der Waals surface area contributed by atoms with Gasteiger partial charge in [0.1, 0.15) is 11.3 Å². The molecule has 0 aliphatic rings. The zero-order valence-corrected chi connectivity index (χ0v) is 15.7. The van der Waals surface area contributed by atoms with Gasteiger partial charge in [-0.3, -0.25) is 4.99 Å². The lowest BCUT2D eigenvalue weighted by molar-refractivity contribution is 0.474. The number of benzene rings is 3. The topological polar surface area (TPSA) is 58.6 Å². The molecule has 134 valence electrons. The number of hydrogen-bond acceptors (Lipinski definition) is 4. The first-order valence-corrected chi connectivity index (χ1v) is 8.88. The van der Waals surface area contributed by atoms with Gasteiger partial charge >= 0.3 is 0 Å². The molecule has 0 aliphatic heterocycles. The Labute approximate surface area is 161 Å². The highest BCUT2D eigenvalue weighted by Crippen LogP contribution is 2.30. The molecule has 0 aliphatic carbocycles. The Bertz CT molecular complexity index is 1180. The molecule has 0 saturated carbocycles. The lowest BCUT2D eigenvalue weighted by Gasteiger charge is -2.03. The van der Waals surface area contributed by atoms with Crippen LogP contribution in [0.5, 0.6) is 5.75 Å². The fourth-order valence-corrected chi connectivity index (χ4v) is 2.99. The molecular weight excluding hydrogens is 360 g/mol. The van der Waals surface area contributed by atoms with Crippen molar-refractivity contribution in [2.24, 2.45) is 4.99 Å². The van der Waals surface area contributed by atoms with E-state index in [0.717, 1.165) is 33.5 Å². The van der Waals surface area contributed by atoms with E-state index in [1.807, 2.05) is 50.2 Å². The number of oxazole rings is 1. The van der Waals surface area contributed by atoms with Crippen LogP contribution in [0.4, 0.5) is 5.69 Å². The Kier molecular flexibility index (Phi) is 4.42. The van der Waals surface area contributed by atoms with Crippen molar-refractivity contribution in [3.63, 3.8) is 0 Å². The molecule has 4 rings (SSSR count). The quantitative estimate of drug-likeness (QED) is 0.432. The zero-order chi connectivity index (χ0) is 19.0. The maximum absolute atomic E-state index is 9.94. The maximum atomic E-state index is 9.94. The van der Waals surface area contributed by atoms with Crippen LogP contribution in [0.3, 0.4) is 0 Å². The fourth-order valence-electron chi connectivity index (χ4n) is 2.81. The van der Waals surface area contributed by atoms with Crippen LogP contribution in [-0.4, -0.2) is 16.3 Å². The van der Waals surface area contributed by atoms with Crippen LogP contribution in [0, 0.1) is 13.8 Å². The van der Waals surface area contributed by atoms with Gasteiger partial charge in [0.15, 0.2) is 5.58 Å². The third-order valence-electron chi connectivity index (χ3n) is 4.33. The first-order valence-electron chi connectivity index (χ1n) is 8.50. The molecule has 0 fully saturated rings. The van der Waals surface area contributed by atoms with Crippen LogP contribution in [0.25, 0.3) is 22.6 Å². The van der Waals surface area contributed by atoms with E-state index < -0.39 is 0 Å². The van der Waals surface area contributed by atoms with Crippen LogP contribution in [0.2, 0.25) is 5.02 Å². The summed E-state index contributed by atoms with van der Waals surface area (Å²) in [5.41, 5.74) is 5.90. The number of phenolic OH excluding ortho intramolecular Hbond substituents is 1. The largest absolute Gasteiger partial charge is 0.507 e.